The lowest BCUT2D eigenvalue weighted by molar-refractivity contribution is -0.115. The predicted molar refractivity (Wildman–Crippen MR) is 78.5 cm³/mol. The van der Waals surface area contributed by atoms with Gasteiger partial charge in [-0.2, -0.15) is 0 Å². The molecule has 116 valence electrons. The molecule has 0 aliphatic rings. The minimum absolute atomic E-state index is 0.0434. The van der Waals surface area contributed by atoms with Crippen LogP contribution in [-0.2, 0) is 14.8 Å². The second-order valence-electron chi connectivity index (χ2n) is 4.48. The summed E-state index contributed by atoms with van der Waals surface area (Å²) in [5, 5.41) is 10.7. The van der Waals surface area contributed by atoms with Gasteiger partial charge in [-0.1, -0.05) is 19.1 Å². The summed E-state index contributed by atoms with van der Waals surface area (Å²) in [7, 11) is -3.96. The van der Waals surface area contributed by atoms with Crippen molar-refractivity contribution in [2.45, 2.75) is 25.2 Å². The zero-order valence-corrected chi connectivity index (χ0v) is 12.9. The van der Waals surface area contributed by atoms with Crippen molar-refractivity contribution in [2.75, 3.05) is 0 Å². The van der Waals surface area contributed by atoms with E-state index >= 15 is 0 Å². The first-order chi connectivity index (χ1) is 10.4. The van der Waals surface area contributed by atoms with Crippen molar-refractivity contribution in [1.82, 2.24) is 24.9 Å². The van der Waals surface area contributed by atoms with Gasteiger partial charge < -0.3 is 0 Å². The van der Waals surface area contributed by atoms with Crippen LogP contribution in [0.1, 0.15) is 20.3 Å². The Morgan fingerprint density at radius 3 is 2.82 bits per heavy atom. The fourth-order valence-corrected chi connectivity index (χ4v) is 2.79. The van der Waals surface area contributed by atoms with E-state index in [1.165, 1.54) is 23.1 Å². The van der Waals surface area contributed by atoms with Crippen LogP contribution in [0.2, 0.25) is 0 Å². The van der Waals surface area contributed by atoms with Crippen LogP contribution >= 0.6 is 0 Å². The van der Waals surface area contributed by atoms with Crippen molar-refractivity contribution in [3.8, 4) is 5.69 Å². The van der Waals surface area contributed by atoms with Crippen LogP contribution in [0.5, 0.6) is 0 Å². The first-order valence-electron chi connectivity index (χ1n) is 6.51. The number of nitrogens with one attached hydrogen (secondary N) is 1. The maximum atomic E-state index is 12.3. The molecule has 0 saturated carbocycles. The van der Waals surface area contributed by atoms with Gasteiger partial charge >= 0.3 is 0 Å². The third kappa shape index (κ3) is 3.55. The second kappa shape index (κ2) is 6.48. The fraction of sp³-hybridized carbons (Fsp3) is 0.231. The zero-order chi connectivity index (χ0) is 16.2. The smallest absolute Gasteiger partial charge is 0.264 e. The highest BCUT2D eigenvalue weighted by Crippen LogP contribution is 2.14. The molecule has 22 heavy (non-hydrogen) atoms. The molecule has 0 fully saturated rings. The van der Waals surface area contributed by atoms with E-state index < -0.39 is 15.9 Å². The van der Waals surface area contributed by atoms with Gasteiger partial charge in [0.25, 0.3) is 15.9 Å². The highest BCUT2D eigenvalue weighted by molar-refractivity contribution is 7.90. The van der Waals surface area contributed by atoms with E-state index in [0.29, 0.717) is 17.7 Å². The molecule has 0 aliphatic carbocycles. The van der Waals surface area contributed by atoms with E-state index in [0.717, 1.165) is 0 Å². The fourth-order valence-electron chi connectivity index (χ4n) is 1.73. The van der Waals surface area contributed by atoms with Gasteiger partial charge in [0.05, 0.1) is 10.6 Å². The molecular weight excluding hydrogens is 306 g/mol. The predicted octanol–water partition coefficient (Wildman–Crippen LogP) is 0.823. The summed E-state index contributed by atoms with van der Waals surface area (Å²) in [5.41, 5.74) is 0.823. The Balaban J connectivity index is 2.29. The minimum atomic E-state index is -3.96. The third-order valence-electron chi connectivity index (χ3n) is 2.84. The molecule has 1 amide bonds. The van der Waals surface area contributed by atoms with E-state index in [-0.39, 0.29) is 4.90 Å². The molecule has 0 spiro atoms. The summed E-state index contributed by atoms with van der Waals surface area (Å²) in [5.74, 6) is -0.644. The normalized spacial score (nSPS) is 12.2. The Morgan fingerprint density at radius 2 is 2.18 bits per heavy atom. The molecule has 9 heteroatoms. The first-order valence-corrected chi connectivity index (χ1v) is 7.99. The maximum absolute atomic E-state index is 12.3. The van der Waals surface area contributed by atoms with Gasteiger partial charge in [-0.05, 0) is 42.0 Å². The van der Waals surface area contributed by atoms with Crippen molar-refractivity contribution in [3.63, 3.8) is 0 Å². The van der Waals surface area contributed by atoms with Crippen molar-refractivity contribution < 1.29 is 13.2 Å². The van der Waals surface area contributed by atoms with Gasteiger partial charge in [-0.3, -0.25) is 4.79 Å². The molecule has 0 bridgehead atoms. The van der Waals surface area contributed by atoms with Gasteiger partial charge in [-0.25, -0.2) is 17.8 Å². The highest BCUT2D eigenvalue weighted by Gasteiger charge is 2.19. The minimum Gasteiger partial charge on any atom is -0.269 e. The standard InChI is InChI=1S/C13H15N5O3S/c1-3-5-10(2)13(19)15-22(20,21)12-7-4-6-11(8-12)18-9-14-16-17-18/h4-9H,3H2,1-2H3,(H,15,19)/b10-5+. The number of allylic oxidation sites excluding steroid dienone is 1. The van der Waals surface area contributed by atoms with Crippen molar-refractivity contribution >= 4 is 15.9 Å². The first kappa shape index (κ1) is 15.8. The molecule has 0 aliphatic heterocycles. The monoisotopic (exact) mass is 321 g/mol. The summed E-state index contributed by atoms with van der Waals surface area (Å²) in [6, 6.07) is 5.97. The molecule has 0 radical (unpaired) electrons. The SMILES string of the molecule is CC/C=C(\C)C(=O)NS(=O)(=O)c1cccc(-n2cnnn2)c1. The van der Waals surface area contributed by atoms with E-state index in [4.69, 9.17) is 0 Å². The topological polar surface area (TPSA) is 107 Å². The van der Waals surface area contributed by atoms with Crippen LogP contribution in [0.25, 0.3) is 5.69 Å². The van der Waals surface area contributed by atoms with Crippen LogP contribution in [0, 0.1) is 0 Å². The molecule has 0 atom stereocenters. The third-order valence-corrected chi connectivity index (χ3v) is 4.17. The van der Waals surface area contributed by atoms with E-state index in [1.807, 2.05) is 11.6 Å². The Kier molecular flexibility index (Phi) is 4.66. The molecule has 8 nitrogen and oxygen atoms in total. The number of benzene rings is 1. The number of rotatable bonds is 5. The highest BCUT2D eigenvalue weighted by atomic mass is 32.2. The molecule has 1 aromatic heterocycles. The molecule has 1 N–H and O–H groups in total. The molecule has 0 saturated heterocycles. The summed E-state index contributed by atoms with van der Waals surface area (Å²) in [4.78, 5) is 11.8. The van der Waals surface area contributed by atoms with Crippen molar-refractivity contribution in [2.24, 2.45) is 0 Å². The van der Waals surface area contributed by atoms with Gasteiger partial charge in [0.2, 0.25) is 0 Å². The number of carbonyl (C=O) groups is 1. The quantitative estimate of drug-likeness (QED) is 0.817. The summed E-state index contributed by atoms with van der Waals surface area (Å²) >= 11 is 0. The molecular formula is C13H15N5O3S. The molecule has 1 aromatic carbocycles. The molecule has 2 rings (SSSR count). The lowest BCUT2D eigenvalue weighted by atomic mass is 10.2. The molecule has 2 aromatic rings. The van der Waals surface area contributed by atoms with Gasteiger partial charge in [0.1, 0.15) is 6.33 Å². The van der Waals surface area contributed by atoms with Crippen LogP contribution in [0.4, 0.5) is 0 Å². The lowest BCUT2D eigenvalue weighted by Crippen LogP contribution is -2.31. The lowest BCUT2D eigenvalue weighted by Gasteiger charge is -2.08. The van der Waals surface area contributed by atoms with Crippen LogP contribution < -0.4 is 4.72 Å². The van der Waals surface area contributed by atoms with E-state index in [9.17, 15) is 13.2 Å². The zero-order valence-electron chi connectivity index (χ0n) is 12.1. The average molecular weight is 321 g/mol. The Hall–Kier alpha value is -2.55. The average Bonchev–Trinajstić information content (AvgIpc) is 3.01. The number of hydrogen-bond acceptors (Lipinski definition) is 6. The van der Waals surface area contributed by atoms with Crippen molar-refractivity contribution in [3.05, 3.63) is 42.2 Å². The molecule has 1 heterocycles. The van der Waals surface area contributed by atoms with Crippen molar-refractivity contribution in [1.29, 1.82) is 0 Å². The summed E-state index contributed by atoms with van der Waals surface area (Å²) in [6.07, 6.45) is 3.65. The number of carbonyl (C=O) groups excluding carboxylic acids is 1. The van der Waals surface area contributed by atoms with Gasteiger partial charge in [0, 0.05) is 5.57 Å². The number of nitrogens with zero attached hydrogens (tertiary/aromatic N) is 4. The van der Waals surface area contributed by atoms with Crippen LogP contribution in [0.15, 0.2) is 47.1 Å². The second-order valence-corrected chi connectivity index (χ2v) is 6.16. The number of sulfonamides is 1. The Labute approximate surface area is 127 Å². The van der Waals surface area contributed by atoms with Gasteiger partial charge in [0.15, 0.2) is 0 Å². The number of amides is 1. The number of aromatic nitrogens is 4. The maximum Gasteiger partial charge on any atom is 0.264 e. The summed E-state index contributed by atoms with van der Waals surface area (Å²) < 4.78 is 27.9. The van der Waals surface area contributed by atoms with Crippen LogP contribution in [-0.4, -0.2) is 34.5 Å². The van der Waals surface area contributed by atoms with E-state index in [1.54, 1.807) is 25.1 Å². The molecule has 0 unspecified atom stereocenters. The largest absolute Gasteiger partial charge is 0.269 e. The summed E-state index contributed by atoms with van der Waals surface area (Å²) in [6.45, 7) is 3.42. The van der Waals surface area contributed by atoms with Crippen LogP contribution in [0.3, 0.4) is 0 Å². The van der Waals surface area contributed by atoms with Gasteiger partial charge in [-0.15, -0.1) is 5.10 Å². The number of tetrazole rings is 1. The number of hydrogen-bond donors (Lipinski definition) is 1. The Morgan fingerprint density at radius 1 is 1.41 bits per heavy atom. The Bertz CT molecular complexity index is 797. The van der Waals surface area contributed by atoms with E-state index in [2.05, 4.69) is 15.5 Å².